The van der Waals surface area contributed by atoms with Gasteiger partial charge in [0.2, 0.25) is 5.88 Å². The lowest BCUT2D eigenvalue weighted by molar-refractivity contribution is -0.139. The number of carboxylic acids is 1. The molecule has 0 saturated heterocycles. The summed E-state index contributed by atoms with van der Waals surface area (Å²) in [5.41, 5.74) is 4.90. The lowest BCUT2D eigenvalue weighted by Gasteiger charge is -2.17. The summed E-state index contributed by atoms with van der Waals surface area (Å²) in [6.07, 6.45) is 7.90. The third kappa shape index (κ3) is 7.58. The predicted octanol–water partition coefficient (Wildman–Crippen LogP) is 6.96. The van der Waals surface area contributed by atoms with Crippen LogP contribution in [-0.4, -0.2) is 40.0 Å². The second-order valence-corrected chi connectivity index (χ2v) is 9.93. The van der Waals surface area contributed by atoms with Gasteiger partial charge in [-0.2, -0.15) is 11.8 Å². The number of aromatic nitrogens is 1. The molecule has 39 heavy (non-hydrogen) atoms. The van der Waals surface area contributed by atoms with Gasteiger partial charge in [0, 0.05) is 17.8 Å². The van der Waals surface area contributed by atoms with E-state index in [9.17, 15) is 14.7 Å². The smallest absolute Gasteiger partial charge is 0.326 e. The van der Waals surface area contributed by atoms with Crippen molar-refractivity contribution in [3.8, 4) is 22.8 Å². The Morgan fingerprint density at radius 3 is 2.36 bits per heavy atom. The highest BCUT2D eigenvalue weighted by Crippen LogP contribution is 2.29. The molecule has 4 aromatic rings. The Balaban J connectivity index is 1.58. The number of hydrogen-bond donors (Lipinski definition) is 2. The Kier molecular flexibility index (Phi) is 9.53. The third-order valence-corrected chi connectivity index (χ3v) is 6.77. The van der Waals surface area contributed by atoms with Crippen molar-refractivity contribution in [2.75, 3.05) is 12.0 Å². The van der Waals surface area contributed by atoms with Gasteiger partial charge in [0.05, 0.1) is 0 Å². The first-order valence-electron chi connectivity index (χ1n) is 12.5. The van der Waals surface area contributed by atoms with Crippen LogP contribution in [-0.2, 0) is 4.79 Å². The number of carbonyl (C=O) groups is 2. The number of rotatable bonds is 11. The van der Waals surface area contributed by atoms with E-state index < -0.39 is 17.9 Å². The van der Waals surface area contributed by atoms with Crippen LogP contribution in [0.4, 0.5) is 0 Å². The molecule has 0 saturated carbocycles. The maximum Gasteiger partial charge on any atom is 0.326 e. The minimum absolute atomic E-state index is 0.353. The van der Waals surface area contributed by atoms with E-state index in [0.29, 0.717) is 23.6 Å². The van der Waals surface area contributed by atoms with Crippen LogP contribution in [0.15, 0.2) is 91.1 Å². The maximum atomic E-state index is 13.3. The summed E-state index contributed by atoms with van der Waals surface area (Å²) in [6, 6.07) is 25.7. The minimum atomic E-state index is -1.04. The number of carboxylic acid groups (broad SMARTS) is 1. The van der Waals surface area contributed by atoms with Gasteiger partial charge >= 0.3 is 5.97 Å². The largest absolute Gasteiger partial charge is 0.480 e. The number of ether oxygens (including phenoxy) is 1. The van der Waals surface area contributed by atoms with Gasteiger partial charge in [-0.15, -0.1) is 0 Å². The standard InChI is InChI=1S/C32H30N2O4S/c1-22-8-6-7-11-26(22)28-20-23(14-16-27(28)31(35)34-29(32(36)37)18-19-39-2)12-13-24-15-17-30(33-21-24)38-25-9-4-3-5-10-25/h3-17,20-21,29H,18-19H2,1-2H3,(H,34,35)(H,36,37). The van der Waals surface area contributed by atoms with Gasteiger partial charge in [0.15, 0.2) is 0 Å². The quantitative estimate of drug-likeness (QED) is 0.215. The van der Waals surface area contributed by atoms with Crippen LogP contribution in [0.2, 0.25) is 0 Å². The molecule has 2 N–H and O–H groups in total. The molecule has 1 aromatic heterocycles. The van der Waals surface area contributed by atoms with E-state index >= 15 is 0 Å². The number of nitrogens with one attached hydrogen (secondary N) is 1. The van der Waals surface area contributed by atoms with Crippen LogP contribution in [0, 0.1) is 6.92 Å². The summed E-state index contributed by atoms with van der Waals surface area (Å²) < 4.78 is 5.76. The van der Waals surface area contributed by atoms with Crippen molar-refractivity contribution in [2.24, 2.45) is 0 Å². The van der Waals surface area contributed by atoms with E-state index in [4.69, 9.17) is 4.74 Å². The van der Waals surface area contributed by atoms with E-state index in [0.717, 1.165) is 33.6 Å². The highest BCUT2D eigenvalue weighted by molar-refractivity contribution is 7.98. The van der Waals surface area contributed by atoms with E-state index in [1.54, 1.807) is 24.0 Å². The Morgan fingerprint density at radius 1 is 0.949 bits per heavy atom. The molecule has 1 unspecified atom stereocenters. The first kappa shape index (κ1) is 27.7. The summed E-state index contributed by atoms with van der Waals surface area (Å²) in [5.74, 6) is 0.423. The average Bonchev–Trinajstić information content (AvgIpc) is 2.95. The van der Waals surface area contributed by atoms with Crippen LogP contribution < -0.4 is 10.1 Å². The minimum Gasteiger partial charge on any atom is -0.480 e. The summed E-state index contributed by atoms with van der Waals surface area (Å²) in [7, 11) is 0. The van der Waals surface area contributed by atoms with E-state index in [2.05, 4.69) is 10.3 Å². The zero-order valence-corrected chi connectivity index (χ0v) is 22.7. The molecule has 1 atom stereocenters. The Labute approximate surface area is 232 Å². The van der Waals surface area contributed by atoms with Crippen molar-refractivity contribution in [1.82, 2.24) is 10.3 Å². The lowest BCUT2D eigenvalue weighted by Crippen LogP contribution is -2.41. The first-order valence-corrected chi connectivity index (χ1v) is 13.9. The molecule has 0 fully saturated rings. The molecular weight excluding hydrogens is 508 g/mol. The summed E-state index contributed by atoms with van der Waals surface area (Å²) >= 11 is 1.55. The normalized spacial score (nSPS) is 11.7. The number of aryl methyl sites for hydroxylation is 1. The molecule has 1 amide bonds. The number of benzene rings is 3. The van der Waals surface area contributed by atoms with Gasteiger partial charge in [-0.3, -0.25) is 4.79 Å². The van der Waals surface area contributed by atoms with Crippen LogP contribution in [0.25, 0.3) is 23.3 Å². The molecule has 0 bridgehead atoms. The molecule has 4 rings (SSSR count). The van der Waals surface area contributed by atoms with Gasteiger partial charge in [-0.05, 0) is 83.5 Å². The topological polar surface area (TPSA) is 88.5 Å². The third-order valence-electron chi connectivity index (χ3n) is 6.13. The SMILES string of the molecule is CSCCC(NC(=O)c1ccc(C=Cc2ccc(Oc3ccccc3)nc2)cc1-c1ccccc1C)C(=O)O. The molecular formula is C32H30N2O4S. The fraction of sp³-hybridized carbons (Fsp3) is 0.156. The molecule has 7 heteroatoms. The molecule has 198 valence electrons. The monoisotopic (exact) mass is 538 g/mol. The Morgan fingerprint density at radius 2 is 1.67 bits per heavy atom. The fourth-order valence-electron chi connectivity index (χ4n) is 4.04. The molecule has 0 radical (unpaired) electrons. The first-order chi connectivity index (χ1) is 18.9. The zero-order chi connectivity index (χ0) is 27.6. The van der Waals surface area contributed by atoms with Gasteiger partial charge in [-0.25, -0.2) is 9.78 Å². The Bertz CT molecular complexity index is 1450. The van der Waals surface area contributed by atoms with Crippen LogP contribution in [0.3, 0.4) is 0 Å². The number of nitrogens with zero attached hydrogens (tertiary/aromatic N) is 1. The lowest BCUT2D eigenvalue weighted by atomic mass is 9.93. The summed E-state index contributed by atoms with van der Waals surface area (Å²) in [6.45, 7) is 1.99. The molecule has 6 nitrogen and oxygen atoms in total. The molecule has 0 aliphatic carbocycles. The number of amides is 1. The highest BCUT2D eigenvalue weighted by Gasteiger charge is 2.22. The van der Waals surface area contributed by atoms with E-state index in [1.165, 1.54) is 0 Å². The fourth-order valence-corrected chi connectivity index (χ4v) is 4.51. The number of hydrogen-bond acceptors (Lipinski definition) is 5. The maximum absolute atomic E-state index is 13.3. The number of carbonyl (C=O) groups excluding carboxylic acids is 1. The van der Waals surface area contributed by atoms with Gasteiger partial charge in [-0.1, -0.05) is 60.7 Å². The molecule has 0 spiro atoms. The second kappa shape index (κ2) is 13.4. The highest BCUT2D eigenvalue weighted by atomic mass is 32.2. The van der Waals surface area contributed by atoms with Crippen molar-refractivity contribution in [2.45, 2.75) is 19.4 Å². The molecule has 0 aliphatic heterocycles. The molecule has 0 aliphatic rings. The van der Waals surface area contributed by atoms with Crippen molar-refractivity contribution in [1.29, 1.82) is 0 Å². The van der Waals surface area contributed by atoms with Crippen molar-refractivity contribution in [3.05, 3.63) is 113 Å². The van der Waals surface area contributed by atoms with Crippen molar-refractivity contribution >= 4 is 35.8 Å². The zero-order valence-electron chi connectivity index (χ0n) is 21.8. The van der Waals surface area contributed by atoms with Gasteiger partial charge < -0.3 is 15.2 Å². The van der Waals surface area contributed by atoms with E-state index in [-0.39, 0.29) is 0 Å². The molecule has 1 heterocycles. The number of para-hydroxylation sites is 1. The predicted molar refractivity (Wildman–Crippen MR) is 158 cm³/mol. The number of thioether (sulfide) groups is 1. The number of aliphatic carboxylic acids is 1. The summed E-state index contributed by atoms with van der Waals surface area (Å²) in [4.78, 5) is 29.4. The van der Waals surface area contributed by atoms with Crippen molar-refractivity contribution in [3.63, 3.8) is 0 Å². The summed E-state index contributed by atoms with van der Waals surface area (Å²) in [5, 5.41) is 12.3. The van der Waals surface area contributed by atoms with Gasteiger partial charge in [0.1, 0.15) is 11.8 Å². The average molecular weight is 539 g/mol. The van der Waals surface area contributed by atoms with Crippen LogP contribution in [0.1, 0.15) is 33.5 Å². The van der Waals surface area contributed by atoms with Crippen molar-refractivity contribution < 1.29 is 19.4 Å². The van der Waals surface area contributed by atoms with Gasteiger partial charge in [0.25, 0.3) is 5.91 Å². The second-order valence-electron chi connectivity index (χ2n) is 8.94. The van der Waals surface area contributed by atoms with Crippen LogP contribution in [0.5, 0.6) is 11.6 Å². The molecule has 3 aromatic carbocycles. The number of pyridine rings is 1. The van der Waals surface area contributed by atoms with Crippen LogP contribution >= 0.6 is 11.8 Å². The van der Waals surface area contributed by atoms with E-state index in [1.807, 2.05) is 104 Å². The Hall–Kier alpha value is -4.36.